The van der Waals surface area contributed by atoms with Gasteiger partial charge in [0.05, 0.1) is 6.04 Å². The predicted octanol–water partition coefficient (Wildman–Crippen LogP) is 3.32. The first-order valence-electron chi connectivity index (χ1n) is 6.00. The van der Waals surface area contributed by atoms with Crippen LogP contribution in [0.2, 0.25) is 0 Å². The fourth-order valence-corrected chi connectivity index (χ4v) is 2.61. The van der Waals surface area contributed by atoms with Gasteiger partial charge in [0.25, 0.3) is 0 Å². The third kappa shape index (κ3) is 3.09. The minimum absolute atomic E-state index is 0.198. The summed E-state index contributed by atoms with van der Waals surface area (Å²) >= 11 is 1.66. The first-order chi connectivity index (χ1) is 8.56. The van der Waals surface area contributed by atoms with E-state index in [9.17, 15) is 5.11 Å². The topological polar surface area (TPSA) is 45.1 Å². The standard InChI is InChI=1S/C14H18N2OS/c1-9-4-5-13(17)12(6-9)7-15-11(3)14-16-10(2)8-18-14/h4-6,8,11,15,17H,7H2,1-3H3. The number of phenols is 1. The number of aromatic hydroxyl groups is 1. The van der Waals surface area contributed by atoms with Gasteiger partial charge in [0, 0.05) is 23.2 Å². The molecule has 0 saturated heterocycles. The molecule has 3 nitrogen and oxygen atoms in total. The van der Waals surface area contributed by atoms with E-state index in [2.05, 4.69) is 22.6 Å². The summed E-state index contributed by atoms with van der Waals surface area (Å²) in [7, 11) is 0. The van der Waals surface area contributed by atoms with Crippen LogP contribution in [0.4, 0.5) is 0 Å². The summed E-state index contributed by atoms with van der Waals surface area (Å²) in [5.74, 6) is 0.343. The second-order valence-corrected chi connectivity index (χ2v) is 5.45. The Morgan fingerprint density at radius 2 is 2.17 bits per heavy atom. The Bertz CT molecular complexity index is 536. The van der Waals surface area contributed by atoms with Crippen molar-refractivity contribution in [3.05, 3.63) is 45.4 Å². The molecule has 2 aromatic rings. The molecule has 2 N–H and O–H groups in total. The Kier molecular flexibility index (Phi) is 3.99. The molecule has 96 valence electrons. The molecule has 1 unspecified atom stereocenters. The van der Waals surface area contributed by atoms with Gasteiger partial charge in [-0.25, -0.2) is 4.98 Å². The molecule has 0 aliphatic rings. The van der Waals surface area contributed by atoms with Crippen LogP contribution in [0.3, 0.4) is 0 Å². The van der Waals surface area contributed by atoms with E-state index in [0.29, 0.717) is 12.3 Å². The van der Waals surface area contributed by atoms with Gasteiger partial charge in [-0.05, 0) is 26.8 Å². The number of thiazole rings is 1. The van der Waals surface area contributed by atoms with E-state index in [1.807, 2.05) is 26.0 Å². The third-order valence-electron chi connectivity index (χ3n) is 2.84. The van der Waals surface area contributed by atoms with Crippen molar-refractivity contribution in [2.75, 3.05) is 0 Å². The maximum atomic E-state index is 9.77. The Morgan fingerprint density at radius 1 is 1.39 bits per heavy atom. The van der Waals surface area contributed by atoms with Gasteiger partial charge in [-0.3, -0.25) is 0 Å². The molecule has 1 heterocycles. The van der Waals surface area contributed by atoms with E-state index in [0.717, 1.165) is 21.8 Å². The van der Waals surface area contributed by atoms with Crippen LogP contribution in [0.25, 0.3) is 0 Å². The van der Waals surface area contributed by atoms with Crippen LogP contribution in [-0.2, 0) is 6.54 Å². The van der Waals surface area contributed by atoms with Gasteiger partial charge < -0.3 is 10.4 Å². The minimum atomic E-state index is 0.198. The zero-order valence-corrected chi connectivity index (χ0v) is 11.7. The molecule has 2 rings (SSSR count). The molecule has 0 fully saturated rings. The van der Waals surface area contributed by atoms with Gasteiger partial charge in [0.1, 0.15) is 10.8 Å². The van der Waals surface area contributed by atoms with Crippen LogP contribution in [-0.4, -0.2) is 10.1 Å². The van der Waals surface area contributed by atoms with Crippen molar-refractivity contribution in [3.8, 4) is 5.75 Å². The molecule has 0 aliphatic heterocycles. The Balaban J connectivity index is 2.01. The number of rotatable bonds is 4. The third-order valence-corrected chi connectivity index (χ3v) is 3.99. The lowest BCUT2D eigenvalue weighted by Crippen LogP contribution is -2.18. The number of nitrogens with one attached hydrogen (secondary N) is 1. The van der Waals surface area contributed by atoms with Crippen molar-refractivity contribution in [1.82, 2.24) is 10.3 Å². The van der Waals surface area contributed by atoms with Gasteiger partial charge in [0.15, 0.2) is 0 Å². The summed E-state index contributed by atoms with van der Waals surface area (Å²) in [6.07, 6.45) is 0. The number of aryl methyl sites for hydroxylation is 2. The van der Waals surface area contributed by atoms with E-state index in [4.69, 9.17) is 0 Å². The van der Waals surface area contributed by atoms with Crippen LogP contribution in [0, 0.1) is 13.8 Å². The summed E-state index contributed by atoms with van der Waals surface area (Å²) in [5, 5.41) is 16.3. The molecule has 4 heteroatoms. The van der Waals surface area contributed by atoms with Crippen LogP contribution in [0.15, 0.2) is 23.6 Å². The quantitative estimate of drug-likeness (QED) is 0.888. The lowest BCUT2D eigenvalue weighted by atomic mass is 10.1. The van der Waals surface area contributed by atoms with Crippen LogP contribution < -0.4 is 5.32 Å². The fraction of sp³-hybridized carbons (Fsp3) is 0.357. The summed E-state index contributed by atoms with van der Waals surface area (Å²) in [6, 6.07) is 5.85. The highest BCUT2D eigenvalue weighted by Gasteiger charge is 2.10. The molecule has 0 bridgehead atoms. The molecule has 0 aliphatic carbocycles. The lowest BCUT2D eigenvalue weighted by molar-refractivity contribution is 0.460. The van der Waals surface area contributed by atoms with Crippen molar-refractivity contribution >= 4 is 11.3 Å². The van der Waals surface area contributed by atoms with Gasteiger partial charge in [-0.1, -0.05) is 17.7 Å². The second-order valence-electron chi connectivity index (χ2n) is 4.56. The molecule has 1 atom stereocenters. The highest BCUT2D eigenvalue weighted by molar-refractivity contribution is 7.09. The smallest absolute Gasteiger partial charge is 0.120 e. The van der Waals surface area contributed by atoms with Crippen molar-refractivity contribution in [2.24, 2.45) is 0 Å². The minimum Gasteiger partial charge on any atom is -0.508 e. The molecule has 18 heavy (non-hydrogen) atoms. The number of nitrogens with zero attached hydrogens (tertiary/aromatic N) is 1. The number of hydrogen-bond acceptors (Lipinski definition) is 4. The Hall–Kier alpha value is -1.39. The molecule has 0 amide bonds. The van der Waals surface area contributed by atoms with Gasteiger partial charge in [-0.2, -0.15) is 0 Å². The largest absolute Gasteiger partial charge is 0.508 e. The zero-order chi connectivity index (χ0) is 13.1. The van der Waals surface area contributed by atoms with Gasteiger partial charge in [0.2, 0.25) is 0 Å². The van der Waals surface area contributed by atoms with Crippen LogP contribution in [0.5, 0.6) is 5.75 Å². The number of phenolic OH excluding ortho intramolecular Hbond substituents is 1. The van der Waals surface area contributed by atoms with Gasteiger partial charge >= 0.3 is 0 Å². The summed E-state index contributed by atoms with van der Waals surface area (Å²) in [5.41, 5.74) is 3.14. The van der Waals surface area contributed by atoms with Crippen molar-refractivity contribution in [2.45, 2.75) is 33.4 Å². The summed E-state index contributed by atoms with van der Waals surface area (Å²) in [4.78, 5) is 4.46. The summed E-state index contributed by atoms with van der Waals surface area (Å²) < 4.78 is 0. The van der Waals surface area contributed by atoms with Crippen molar-refractivity contribution in [3.63, 3.8) is 0 Å². The predicted molar refractivity (Wildman–Crippen MR) is 74.9 cm³/mol. The van der Waals surface area contributed by atoms with Gasteiger partial charge in [-0.15, -0.1) is 11.3 Å². The molecule has 0 saturated carbocycles. The molecule has 0 spiro atoms. The highest BCUT2D eigenvalue weighted by atomic mass is 32.1. The first-order valence-corrected chi connectivity index (χ1v) is 6.88. The van der Waals surface area contributed by atoms with E-state index < -0.39 is 0 Å². The second kappa shape index (κ2) is 5.50. The van der Waals surface area contributed by atoms with Crippen molar-refractivity contribution < 1.29 is 5.11 Å². The SMILES string of the molecule is Cc1ccc(O)c(CNC(C)c2nc(C)cs2)c1. The average molecular weight is 262 g/mol. The molecular weight excluding hydrogens is 244 g/mol. The first kappa shape index (κ1) is 13.1. The average Bonchev–Trinajstić information content (AvgIpc) is 2.77. The van der Waals surface area contributed by atoms with Crippen LogP contribution in [0.1, 0.15) is 34.8 Å². The molecular formula is C14H18N2OS. The van der Waals surface area contributed by atoms with E-state index in [1.165, 1.54) is 0 Å². The normalized spacial score (nSPS) is 12.6. The maximum absolute atomic E-state index is 9.77. The Morgan fingerprint density at radius 3 is 2.83 bits per heavy atom. The van der Waals surface area contributed by atoms with E-state index in [1.54, 1.807) is 17.4 Å². The highest BCUT2D eigenvalue weighted by Crippen LogP contribution is 2.21. The fourth-order valence-electron chi connectivity index (χ4n) is 1.78. The molecule has 0 radical (unpaired) electrons. The maximum Gasteiger partial charge on any atom is 0.120 e. The van der Waals surface area contributed by atoms with Crippen LogP contribution >= 0.6 is 11.3 Å². The summed E-state index contributed by atoms with van der Waals surface area (Å²) in [6.45, 7) is 6.76. The number of aromatic nitrogens is 1. The van der Waals surface area contributed by atoms with Crippen molar-refractivity contribution in [1.29, 1.82) is 0 Å². The van der Waals surface area contributed by atoms with E-state index >= 15 is 0 Å². The Labute approximate surface area is 112 Å². The van der Waals surface area contributed by atoms with E-state index in [-0.39, 0.29) is 6.04 Å². The monoisotopic (exact) mass is 262 g/mol. The molecule has 1 aromatic carbocycles. The zero-order valence-electron chi connectivity index (χ0n) is 10.9. The molecule has 1 aromatic heterocycles. The lowest BCUT2D eigenvalue weighted by Gasteiger charge is -2.12. The number of hydrogen-bond donors (Lipinski definition) is 2. The number of benzene rings is 1.